The molecule has 0 bridgehead atoms. The lowest BCUT2D eigenvalue weighted by atomic mass is 9.97. The van der Waals surface area contributed by atoms with Crippen LogP contribution >= 0.6 is 0 Å². The highest BCUT2D eigenvalue weighted by Crippen LogP contribution is 2.31. The van der Waals surface area contributed by atoms with E-state index in [4.69, 9.17) is 14.2 Å². The van der Waals surface area contributed by atoms with Crippen molar-refractivity contribution >= 4 is 23.6 Å². The van der Waals surface area contributed by atoms with Gasteiger partial charge in [-0.15, -0.1) is 0 Å². The minimum atomic E-state index is -1.34. The minimum absolute atomic E-state index is 0.276. The highest BCUT2D eigenvalue weighted by Gasteiger charge is 2.51. The summed E-state index contributed by atoms with van der Waals surface area (Å²) in [5, 5.41) is 10.7. The average Bonchev–Trinajstić information content (AvgIpc) is 2.87. The van der Waals surface area contributed by atoms with Gasteiger partial charge in [0.25, 0.3) is 0 Å². The van der Waals surface area contributed by atoms with Gasteiger partial charge in [-0.05, 0) is 47.6 Å². The molecular weight excluding hydrogens is 382 g/mol. The summed E-state index contributed by atoms with van der Waals surface area (Å²) < 4.78 is 16.4. The number of carbonyl (C=O) groups is 4. The highest BCUT2D eigenvalue weighted by molar-refractivity contribution is 6.06. The SMILES string of the molecule is CC(C)(C)C(=O)OC[C@H]1O[C@@H](N2C=CC(=O)CC2=O)[C@H](OC(=O)C(C)(C)C)[C@@H]1O. The van der Waals surface area contributed by atoms with E-state index in [1.807, 2.05) is 0 Å². The van der Waals surface area contributed by atoms with Crippen molar-refractivity contribution in [3.63, 3.8) is 0 Å². The average molecular weight is 411 g/mol. The number of hydrogen-bond donors (Lipinski definition) is 1. The fraction of sp³-hybridized carbons (Fsp3) is 0.700. The van der Waals surface area contributed by atoms with Crippen LogP contribution in [0.3, 0.4) is 0 Å². The lowest BCUT2D eigenvalue weighted by molar-refractivity contribution is -0.174. The van der Waals surface area contributed by atoms with Gasteiger partial charge in [-0.1, -0.05) is 0 Å². The molecule has 0 aromatic heterocycles. The van der Waals surface area contributed by atoms with E-state index >= 15 is 0 Å². The van der Waals surface area contributed by atoms with Crippen LogP contribution < -0.4 is 0 Å². The smallest absolute Gasteiger partial charge is 0.311 e. The maximum absolute atomic E-state index is 12.4. The number of aliphatic hydroxyl groups is 1. The summed E-state index contributed by atoms with van der Waals surface area (Å²) in [5.74, 6) is -1.98. The summed E-state index contributed by atoms with van der Waals surface area (Å²) in [6, 6.07) is 0. The van der Waals surface area contributed by atoms with Crippen LogP contribution in [0.4, 0.5) is 0 Å². The quantitative estimate of drug-likeness (QED) is 0.536. The molecule has 0 aromatic carbocycles. The van der Waals surface area contributed by atoms with Crippen LogP contribution in [0.15, 0.2) is 12.3 Å². The molecule has 0 aliphatic carbocycles. The van der Waals surface area contributed by atoms with E-state index < -0.39 is 53.2 Å². The van der Waals surface area contributed by atoms with Crippen molar-refractivity contribution in [2.45, 2.75) is 72.5 Å². The Morgan fingerprint density at radius 1 is 1.14 bits per heavy atom. The molecule has 1 amide bonds. The van der Waals surface area contributed by atoms with E-state index in [0.29, 0.717) is 0 Å². The van der Waals surface area contributed by atoms with Gasteiger partial charge in [0, 0.05) is 6.20 Å². The number of ether oxygens (including phenoxy) is 3. The molecule has 0 unspecified atom stereocenters. The van der Waals surface area contributed by atoms with E-state index in [1.165, 1.54) is 12.3 Å². The van der Waals surface area contributed by atoms with Crippen LogP contribution in [-0.2, 0) is 33.4 Å². The Bertz CT molecular complexity index is 715. The molecule has 0 spiro atoms. The topological polar surface area (TPSA) is 119 Å². The number of carbonyl (C=O) groups excluding carboxylic acids is 4. The van der Waals surface area contributed by atoms with Crippen molar-refractivity contribution in [3.8, 4) is 0 Å². The van der Waals surface area contributed by atoms with Gasteiger partial charge in [0.05, 0.1) is 17.3 Å². The lowest BCUT2D eigenvalue weighted by Crippen LogP contribution is -2.49. The van der Waals surface area contributed by atoms with Gasteiger partial charge in [0.1, 0.15) is 18.8 Å². The van der Waals surface area contributed by atoms with Crippen LogP contribution in [0.25, 0.3) is 0 Å². The molecule has 2 rings (SSSR count). The van der Waals surface area contributed by atoms with Crippen molar-refractivity contribution < 1.29 is 38.5 Å². The van der Waals surface area contributed by atoms with Crippen molar-refractivity contribution in [2.75, 3.05) is 6.61 Å². The third-order valence-electron chi connectivity index (χ3n) is 4.47. The zero-order chi connectivity index (χ0) is 22.1. The number of amides is 1. The van der Waals surface area contributed by atoms with Gasteiger partial charge in [-0.3, -0.25) is 24.1 Å². The summed E-state index contributed by atoms with van der Waals surface area (Å²) in [7, 11) is 0. The zero-order valence-corrected chi connectivity index (χ0v) is 17.6. The molecule has 29 heavy (non-hydrogen) atoms. The Kier molecular flexibility index (Phi) is 6.54. The summed E-state index contributed by atoms with van der Waals surface area (Å²) in [6.07, 6.45) is -2.59. The zero-order valence-electron chi connectivity index (χ0n) is 17.6. The van der Waals surface area contributed by atoms with Gasteiger partial charge in [0.2, 0.25) is 5.91 Å². The van der Waals surface area contributed by atoms with E-state index in [2.05, 4.69) is 0 Å². The summed E-state index contributed by atoms with van der Waals surface area (Å²) >= 11 is 0. The third kappa shape index (κ3) is 5.42. The molecule has 162 valence electrons. The molecule has 4 atom stereocenters. The van der Waals surface area contributed by atoms with Gasteiger partial charge in [-0.2, -0.15) is 0 Å². The Morgan fingerprint density at radius 2 is 1.72 bits per heavy atom. The maximum Gasteiger partial charge on any atom is 0.311 e. The molecule has 0 radical (unpaired) electrons. The molecule has 2 aliphatic heterocycles. The third-order valence-corrected chi connectivity index (χ3v) is 4.47. The Hall–Kier alpha value is -2.26. The summed E-state index contributed by atoms with van der Waals surface area (Å²) in [5.41, 5.74) is -1.59. The Morgan fingerprint density at radius 3 is 2.24 bits per heavy atom. The molecule has 1 saturated heterocycles. The number of allylic oxidation sites excluding steroid dienone is 1. The number of ketones is 1. The maximum atomic E-state index is 12.4. The second kappa shape index (κ2) is 8.23. The van der Waals surface area contributed by atoms with Crippen molar-refractivity contribution in [2.24, 2.45) is 10.8 Å². The first kappa shape index (κ1) is 23.0. The molecule has 1 fully saturated rings. The molecule has 2 heterocycles. The van der Waals surface area contributed by atoms with E-state index in [9.17, 15) is 24.3 Å². The van der Waals surface area contributed by atoms with Crippen molar-refractivity contribution in [1.82, 2.24) is 4.90 Å². The first-order valence-electron chi connectivity index (χ1n) is 9.46. The summed E-state index contributed by atoms with van der Waals surface area (Å²) in [4.78, 5) is 49.3. The van der Waals surface area contributed by atoms with Gasteiger partial charge < -0.3 is 19.3 Å². The second-order valence-electron chi connectivity index (χ2n) is 9.28. The Balaban J connectivity index is 2.22. The van der Waals surface area contributed by atoms with Crippen molar-refractivity contribution in [1.29, 1.82) is 0 Å². The number of aliphatic hydroxyl groups excluding tert-OH is 1. The normalized spacial score (nSPS) is 27.9. The van der Waals surface area contributed by atoms with Crippen LogP contribution in [0.5, 0.6) is 0 Å². The van der Waals surface area contributed by atoms with Gasteiger partial charge in [0.15, 0.2) is 18.1 Å². The van der Waals surface area contributed by atoms with Crippen LogP contribution in [-0.4, -0.2) is 64.8 Å². The first-order chi connectivity index (χ1) is 13.2. The highest BCUT2D eigenvalue weighted by atomic mass is 16.6. The molecule has 0 saturated carbocycles. The van der Waals surface area contributed by atoms with Crippen LogP contribution in [0.1, 0.15) is 48.0 Å². The molecule has 2 aliphatic rings. The monoisotopic (exact) mass is 411 g/mol. The molecule has 9 heteroatoms. The van der Waals surface area contributed by atoms with Gasteiger partial charge >= 0.3 is 11.9 Å². The fourth-order valence-corrected chi connectivity index (χ4v) is 2.65. The standard InChI is InChI=1S/C20H29NO8/c1-19(2,3)17(25)27-10-12-14(24)15(29-18(26)20(4,5)6)16(28-12)21-8-7-11(22)9-13(21)23/h7-8,12,14-16,24H,9-10H2,1-6H3/t12-,14-,15-,16-/m1/s1. The number of nitrogens with zero attached hydrogens (tertiary/aromatic N) is 1. The number of rotatable bonds is 4. The van der Waals surface area contributed by atoms with Gasteiger partial charge in [-0.25, -0.2) is 0 Å². The lowest BCUT2D eigenvalue weighted by Gasteiger charge is -2.32. The fourth-order valence-electron chi connectivity index (χ4n) is 2.65. The number of hydrogen-bond acceptors (Lipinski definition) is 8. The first-order valence-corrected chi connectivity index (χ1v) is 9.46. The predicted molar refractivity (Wildman–Crippen MR) is 100 cm³/mol. The van der Waals surface area contributed by atoms with Crippen LogP contribution in [0, 0.1) is 10.8 Å². The Labute approximate surface area is 170 Å². The summed E-state index contributed by atoms with van der Waals surface area (Å²) in [6.45, 7) is 9.74. The minimum Gasteiger partial charge on any atom is -0.462 e. The van der Waals surface area contributed by atoms with E-state index in [-0.39, 0.29) is 18.8 Å². The van der Waals surface area contributed by atoms with Crippen molar-refractivity contribution in [3.05, 3.63) is 12.3 Å². The molecule has 9 nitrogen and oxygen atoms in total. The molecule has 0 aromatic rings. The molecule has 1 N–H and O–H groups in total. The molecular formula is C20H29NO8. The van der Waals surface area contributed by atoms with E-state index in [0.717, 1.165) is 4.90 Å². The van der Waals surface area contributed by atoms with Crippen LogP contribution in [0.2, 0.25) is 0 Å². The second-order valence-corrected chi connectivity index (χ2v) is 9.28. The largest absolute Gasteiger partial charge is 0.462 e. The van der Waals surface area contributed by atoms with E-state index in [1.54, 1.807) is 41.5 Å². The predicted octanol–water partition coefficient (Wildman–Crippen LogP) is 0.934. The number of esters is 2.